The average Bonchev–Trinajstić information content (AvgIpc) is 3.03. The van der Waals surface area contributed by atoms with E-state index < -0.39 is 5.41 Å². The van der Waals surface area contributed by atoms with Crippen molar-refractivity contribution < 1.29 is 14.1 Å². The van der Waals surface area contributed by atoms with E-state index in [9.17, 15) is 4.79 Å². The lowest BCUT2D eigenvalue weighted by Gasteiger charge is -2.49. The third-order valence-corrected chi connectivity index (χ3v) is 5.25. The monoisotopic (exact) mass is 350 g/mol. The van der Waals surface area contributed by atoms with Gasteiger partial charge in [-0.05, 0) is 32.7 Å². The molecular weight excluding hydrogens is 320 g/mol. The van der Waals surface area contributed by atoms with Crippen molar-refractivity contribution in [1.82, 2.24) is 20.4 Å². The normalized spacial score (nSPS) is 27.8. The number of nitrogens with zero attached hydrogens (tertiary/aromatic N) is 3. The molecule has 2 fully saturated rings. The fourth-order valence-corrected chi connectivity index (χ4v) is 3.95. The van der Waals surface area contributed by atoms with E-state index >= 15 is 0 Å². The summed E-state index contributed by atoms with van der Waals surface area (Å²) in [5.41, 5.74) is -0.610. The summed E-state index contributed by atoms with van der Waals surface area (Å²) in [7, 11) is 0. The van der Waals surface area contributed by atoms with Crippen molar-refractivity contribution in [2.24, 2.45) is 5.41 Å². The predicted octanol–water partition coefficient (Wildman–Crippen LogP) is 1.87. The number of nitrogens with one attached hydrogen (secondary N) is 1. The van der Waals surface area contributed by atoms with Gasteiger partial charge in [0.05, 0.1) is 18.6 Å². The lowest BCUT2D eigenvalue weighted by atomic mass is 9.70. The van der Waals surface area contributed by atoms with Crippen LogP contribution in [0.5, 0.6) is 0 Å². The molecule has 3 rings (SSSR count). The highest BCUT2D eigenvalue weighted by Crippen LogP contribution is 2.39. The summed E-state index contributed by atoms with van der Waals surface area (Å²) in [6.45, 7) is 11.6. The van der Waals surface area contributed by atoms with Crippen LogP contribution in [0.1, 0.15) is 58.7 Å². The summed E-state index contributed by atoms with van der Waals surface area (Å²) in [5, 5.41) is 7.66. The van der Waals surface area contributed by atoms with Crippen molar-refractivity contribution >= 4 is 5.97 Å². The number of hydrogen-bond donors (Lipinski definition) is 1. The van der Waals surface area contributed by atoms with Crippen LogP contribution in [0, 0.1) is 5.41 Å². The maximum absolute atomic E-state index is 12.7. The maximum Gasteiger partial charge on any atom is 0.314 e. The van der Waals surface area contributed by atoms with Crippen LogP contribution >= 0.6 is 0 Å². The molecule has 0 aromatic carbocycles. The standard InChI is InChI=1S/C18H30N4O3/c1-5-24-16(23)18-8-6-9-19-13(18)7-10-22(12-18)11-14-20-15(25-21-14)17(2,3)4/h13,19H,5-12H2,1-4H3/t13-,18+/m1/s1. The van der Waals surface area contributed by atoms with Crippen molar-refractivity contribution in [2.75, 3.05) is 26.2 Å². The molecule has 0 radical (unpaired) electrons. The van der Waals surface area contributed by atoms with Gasteiger partial charge in [-0.2, -0.15) is 4.98 Å². The van der Waals surface area contributed by atoms with Crippen LogP contribution in [0.3, 0.4) is 0 Å². The minimum atomic E-state index is -0.455. The van der Waals surface area contributed by atoms with Gasteiger partial charge >= 0.3 is 5.97 Å². The number of likely N-dealkylation sites (tertiary alicyclic amines) is 1. The molecule has 0 spiro atoms. The van der Waals surface area contributed by atoms with E-state index in [1.165, 1.54) is 0 Å². The highest BCUT2D eigenvalue weighted by atomic mass is 16.5. The van der Waals surface area contributed by atoms with Crippen LogP contribution in [-0.2, 0) is 21.5 Å². The van der Waals surface area contributed by atoms with Gasteiger partial charge in [0.25, 0.3) is 0 Å². The summed E-state index contributed by atoms with van der Waals surface area (Å²) in [5.74, 6) is 1.27. The summed E-state index contributed by atoms with van der Waals surface area (Å²) in [4.78, 5) is 19.5. The molecule has 0 aliphatic carbocycles. The second-order valence-corrected chi connectivity index (χ2v) is 8.25. The van der Waals surface area contributed by atoms with Crippen molar-refractivity contribution in [3.63, 3.8) is 0 Å². The lowest BCUT2D eigenvalue weighted by molar-refractivity contribution is -0.164. The Hall–Kier alpha value is -1.47. The van der Waals surface area contributed by atoms with E-state index in [-0.39, 0.29) is 17.4 Å². The fraction of sp³-hybridized carbons (Fsp3) is 0.833. The molecule has 2 aliphatic rings. The molecule has 2 saturated heterocycles. The van der Waals surface area contributed by atoms with Crippen LogP contribution in [0.25, 0.3) is 0 Å². The van der Waals surface area contributed by atoms with Gasteiger partial charge in [-0.25, -0.2) is 0 Å². The van der Waals surface area contributed by atoms with E-state index in [1.54, 1.807) is 0 Å². The van der Waals surface area contributed by atoms with Crippen LogP contribution in [0.15, 0.2) is 4.52 Å². The van der Waals surface area contributed by atoms with Gasteiger partial charge in [-0.15, -0.1) is 0 Å². The van der Waals surface area contributed by atoms with Gasteiger partial charge in [-0.3, -0.25) is 9.69 Å². The first-order valence-electron chi connectivity index (χ1n) is 9.31. The number of ether oxygens (including phenoxy) is 1. The number of carbonyl (C=O) groups is 1. The van der Waals surface area contributed by atoms with E-state index in [2.05, 4.69) is 41.1 Å². The number of esters is 1. The van der Waals surface area contributed by atoms with E-state index in [4.69, 9.17) is 9.26 Å². The maximum atomic E-state index is 12.7. The number of aromatic nitrogens is 2. The number of rotatable bonds is 4. The smallest absolute Gasteiger partial charge is 0.314 e. The lowest BCUT2D eigenvalue weighted by Crippen LogP contribution is -2.63. The highest BCUT2D eigenvalue weighted by molar-refractivity contribution is 5.78. The number of hydrogen-bond acceptors (Lipinski definition) is 7. The minimum absolute atomic E-state index is 0.0691. The first kappa shape index (κ1) is 18.3. The average molecular weight is 350 g/mol. The number of piperidine rings is 2. The number of fused-ring (bicyclic) bond motifs is 1. The molecule has 1 aromatic heterocycles. The van der Waals surface area contributed by atoms with Crippen LogP contribution < -0.4 is 5.32 Å². The van der Waals surface area contributed by atoms with E-state index in [0.717, 1.165) is 32.4 Å². The Bertz CT molecular complexity index is 610. The molecule has 0 saturated carbocycles. The van der Waals surface area contributed by atoms with Crippen molar-refractivity contribution in [2.45, 2.75) is 65.0 Å². The zero-order valence-electron chi connectivity index (χ0n) is 15.8. The molecule has 3 heterocycles. The second-order valence-electron chi connectivity index (χ2n) is 8.25. The Kier molecular flexibility index (Phi) is 5.16. The van der Waals surface area contributed by atoms with Crippen LogP contribution in [0.2, 0.25) is 0 Å². The minimum Gasteiger partial charge on any atom is -0.465 e. The first-order chi connectivity index (χ1) is 11.8. The van der Waals surface area contributed by atoms with Crippen molar-refractivity contribution in [3.05, 3.63) is 11.7 Å². The molecule has 1 N–H and O–H groups in total. The van der Waals surface area contributed by atoms with Crippen LogP contribution in [0.4, 0.5) is 0 Å². The Balaban J connectivity index is 1.73. The fourth-order valence-electron chi connectivity index (χ4n) is 3.95. The first-order valence-corrected chi connectivity index (χ1v) is 9.31. The Labute approximate surface area is 149 Å². The molecule has 0 amide bonds. The van der Waals surface area contributed by atoms with Crippen LogP contribution in [-0.4, -0.2) is 53.3 Å². The summed E-state index contributed by atoms with van der Waals surface area (Å²) in [6, 6.07) is 0.201. The molecule has 7 heteroatoms. The molecule has 0 unspecified atom stereocenters. The third kappa shape index (κ3) is 3.72. The Morgan fingerprint density at radius 2 is 2.28 bits per heavy atom. The quantitative estimate of drug-likeness (QED) is 0.830. The summed E-state index contributed by atoms with van der Waals surface area (Å²) >= 11 is 0. The SMILES string of the molecule is CCOC(=O)[C@]12CCCN[C@@H]1CCN(Cc1noc(C(C)(C)C)n1)C2. The zero-order valence-corrected chi connectivity index (χ0v) is 15.8. The second kappa shape index (κ2) is 7.03. The number of carbonyl (C=O) groups excluding carboxylic acids is 1. The Morgan fingerprint density at radius 3 is 2.96 bits per heavy atom. The topological polar surface area (TPSA) is 80.5 Å². The molecule has 25 heavy (non-hydrogen) atoms. The molecule has 1 aromatic rings. The van der Waals surface area contributed by atoms with Gasteiger partial charge in [0.1, 0.15) is 0 Å². The molecule has 2 aliphatic heterocycles. The van der Waals surface area contributed by atoms with Gasteiger partial charge in [0, 0.05) is 24.5 Å². The molecule has 140 valence electrons. The third-order valence-electron chi connectivity index (χ3n) is 5.25. The molecule has 0 bridgehead atoms. The molecule has 2 atom stereocenters. The molecule has 7 nitrogen and oxygen atoms in total. The van der Waals surface area contributed by atoms with Crippen molar-refractivity contribution in [1.29, 1.82) is 0 Å². The summed E-state index contributed by atoms with van der Waals surface area (Å²) in [6.07, 6.45) is 2.81. The largest absolute Gasteiger partial charge is 0.465 e. The van der Waals surface area contributed by atoms with E-state index in [1.807, 2.05) is 6.92 Å². The van der Waals surface area contributed by atoms with Gasteiger partial charge in [0.2, 0.25) is 5.89 Å². The van der Waals surface area contributed by atoms with E-state index in [0.29, 0.717) is 31.4 Å². The molecular formula is C18H30N4O3. The van der Waals surface area contributed by atoms with Gasteiger partial charge in [-0.1, -0.05) is 25.9 Å². The predicted molar refractivity (Wildman–Crippen MR) is 93.0 cm³/mol. The van der Waals surface area contributed by atoms with Gasteiger partial charge in [0.15, 0.2) is 5.82 Å². The Morgan fingerprint density at radius 1 is 1.48 bits per heavy atom. The highest BCUT2D eigenvalue weighted by Gasteiger charge is 2.51. The summed E-state index contributed by atoms with van der Waals surface area (Å²) < 4.78 is 10.8. The van der Waals surface area contributed by atoms with Crippen molar-refractivity contribution in [3.8, 4) is 0 Å². The van der Waals surface area contributed by atoms with Gasteiger partial charge < -0.3 is 14.6 Å². The zero-order chi connectivity index (χ0) is 18.1.